The monoisotopic (exact) mass is 487 g/mol. The van der Waals surface area contributed by atoms with Crippen LogP contribution in [0.15, 0.2) is 78.2 Å². The van der Waals surface area contributed by atoms with E-state index in [0.717, 1.165) is 22.4 Å². The molecule has 2 aromatic carbocycles. The molecule has 0 fully saturated rings. The molecule has 0 aliphatic heterocycles. The number of benzene rings is 2. The Bertz CT molecular complexity index is 1430. The molecule has 0 unspecified atom stereocenters. The molecule has 1 amide bonds. The van der Waals surface area contributed by atoms with Crippen LogP contribution in [0.3, 0.4) is 0 Å². The van der Waals surface area contributed by atoms with Crippen molar-refractivity contribution in [3.8, 4) is 22.5 Å². The molecule has 0 aliphatic rings. The average Bonchev–Trinajstić information content (AvgIpc) is 3.25. The number of aryl methyl sites for hydroxylation is 1. The summed E-state index contributed by atoms with van der Waals surface area (Å²) in [7, 11) is -4.19. The lowest BCUT2D eigenvalue weighted by Crippen LogP contribution is -2.34. The van der Waals surface area contributed by atoms with Crippen molar-refractivity contribution < 1.29 is 26.4 Å². The Hall–Kier alpha value is -4.06. The first-order valence-electron chi connectivity index (χ1n) is 9.72. The molecule has 2 aromatic heterocycles. The van der Waals surface area contributed by atoms with E-state index in [-0.39, 0.29) is 16.2 Å². The number of hydrogen-bond acceptors (Lipinski definition) is 6. The van der Waals surface area contributed by atoms with Gasteiger partial charge in [-0.1, -0.05) is 29.8 Å². The predicted molar refractivity (Wildman–Crippen MR) is 116 cm³/mol. The maximum atomic E-state index is 12.9. The number of alkyl halides is 3. The summed E-state index contributed by atoms with van der Waals surface area (Å²) in [5.74, 6) is 0. The minimum Gasteiger partial charge on any atom is -0.245 e. The van der Waals surface area contributed by atoms with Gasteiger partial charge in [0.15, 0.2) is 0 Å². The Balaban J connectivity index is 1.72. The summed E-state index contributed by atoms with van der Waals surface area (Å²) in [5, 5.41) is 4.14. The van der Waals surface area contributed by atoms with Gasteiger partial charge in [-0.15, -0.1) is 0 Å². The van der Waals surface area contributed by atoms with Crippen molar-refractivity contribution in [3.63, 3.8) is 0 Å². The smallest absolute Gasteiger partial charge is 0.245 e. The van der Waals surface area contributed by atoms with E-state index in [4.69, 9.17) is 0 Å². The minimum atomic E-state index is -4.52. The first-order valence-corrected chi connectivity index (χ1v) is 11.2. The van der Waals surface area contributed by atoms with Gasteiger partial charge < -0.3 is 0 Å². The van der Waals surface area contributed by atoms with E-state index in [9.17, 15) is 26.4 Å². The zero-order valence-electron chi connectivity index (χ0n) is 17.5. The van der Waals surface area contributed by atoms with Gasteiger partial charge in [0.25, 0.3) is 10.0 Å². The third-order valence-corrected chi connectivity index (χ3v) is 6.15. The second kappa shape index (κ2) is 8.71. The predicted octanol–water partition coefficient (Wildman–Crippen LogP) is 4.28. The number of aromatic nitrogens is 4. The Morgan fingerprint density at radius 2 is 1.68 bits per heavy atom. The molecule has 4 rings (SSSR count). The normalized spacial score (nSPS) is 11.9. The Morgan fingerprint density at radius 3 is 2.26 bits per heavy atom. The van der Waals surface area contributed by atoms with Gasteiger partial charge >= 0.3 is 12.2 Å². The van der Waals surface area contributed by atoms with Crippen molar-refractivity contribution in [2.45, 2.75) is 18.0 Å². The lowest BCUT2D eigenvalue weighted by molar-refractivity contribution is -0.137. The lowest BCUT2D eigenvalue weighted by atomic mass is 10.0. The summed E-state index contributed by atoms with van der Waals surface area (Å²) >= 11 is 0. The van der Waals surface area contributed by atoms with Gasteiger partial charge in [-0.25, -0.2) is 27.9 Å². The Labute approximate surface area is 192 Å². The highest BCUT2D eigenvalue weighted by atomic mass is 32.2. The molecule has 12 heteroatoms. The fourth-order valence-electron chi connectivity index (χ4n) is 3.08. The first kappa shape index (κ1) is 23.1. The second-order valence-corrected chi connectivity index (χ2v) is 8.91. The third-order valence-electron chi connectivity index (χ3n) is 4.82. The van der Waals surface area contributed by atoms with Gasteiger partial charge in [0.1, 0.15) is 12.0 Å². The van der Waals surface area contributed by atoms with Crippen LogP contribution in [0.25, 0.3) is 22.5 Å². The molecule has 0 atom stereocenters. The Morgan fingerprint density at radius 1 is 1.00 bits per heavy atom. The van der Waals surface area contributed by atoms with Gasteiger partial charge in [0.05, 0.1) is 16.2 Å². The summed E-state index contributed by atoms with van der Waals surface area (Å²) in [6.45, 7) is 1.79. The van der Waals surface area contributed by atoms with Crippen LogP contribution in [0.2, 0.25) is 0 Å². The topological polar surface area (TPSA) is 107 Å². The van der Waals surface area contributed by atoms with Crippen molar-refractivity contribution in [2.75, 3.05) is 0 Å². The second-order valence-electron chi connectivity index (χ2n) is 7.23. The average molecular weight is 487 g/mol. The molecule has 0 saturated carbocycles. The molecule has 0 saturated heterocycles. The van der Waals surface area contributed by atoms with E-state index in [1.165, 1.54) is 49.1 Å². The maximum Gasteiger partial charge on any atom is 0.416 e. The number of nitrogens with one attached hydrogen (secondary N) is 1. The van der Waals surface area contributed by atoms with Gasteiger partial charge in [0, 0.05) is 23.5 Å². The summed E-state index contributed by atoms with van der Waals surface area (Å²) < 4.78 is 66.7. The van der Waals surface area contributed by atoms with Gasteiger partial charge in [-0.2, -0.15) is 23.0 Å². The van der Waals surface area contributed by atoms with E-state index in [1.54, 1.807) is 19.1 Å². The third kappa shape index (κ3) is 4.81. The molecule has 0 bridgehead atoms. The summed E-state index contributed by atoms with van der Waals surface area (Å²) in [4.78, 5) is 20.6. The minimum absolute atomic E-state index is 0.113. The molecule has 1 N–H and O–H groups in total. The van der Waals surface area contributed by atoms with E-state index in [1.807, 2.05) is 4.72 Å². The van der Waals surface area contributed by atoms with E-state index >= 15 is 0 Å². The molecule has 2 heterocycles. The molecule has 34 heavy (non-hydrogen) atoms. The molecular weight excluding hydrogens is 471 g/mol. The summed E-state index contributed by atoms with van der Waals surface area (Å²) in [6.07, 6.45) is -0.573. The van der Waals surface area contributed by atoms with Crippen molar-refractivity contribution in [2.24, 2.45) is 0 Å². The zero-order chi connectivity index (χ0) is 24.5. The number of hydrogen-bond donors (Lipinski definition) is 1. The van der Waals surface area contributed by atoms with E-state index in [2.05, 4.69) is 15.1 Å². The van der Waals surface area contributed by atoms with E-state index in [0.29, 0.717) is 11.3 Å². The van der Waals surface area contributed by atoms with Gasteiger partial charge in [-0.3, -0.25) is 0 Å². The zero-order valence-corrected chi connectivity index (χ0v) is 18.3. The van der Waals surface area contributed by atoms with Crippen LogP contribution in [0.4, 0.5) is 18.0 Å². The molecule has 0 aliphatic carbocycles. The largest absolute Gasteiger partial charge is 0.416 e. The van der Waals surface area contributed by atoms with Crippen LogP contribution >= 0.6 is 0 Å². The summed E-state index contributed by atoms with van der Waals surface area (Å²) in [5.41, 5.74) is 1.04. The highest BCUT2D eigenvalue weighted by molar-refractivity contribution is 7.90. The van der Waals surface area contributed by atoms with Crippen LogP contribution in [-0.2, 0) is 16.2 Å². The fourth-order valence-corrected chi connectivity index (χ4v) is 4.02. The van der Waals surface area contributed by atoms with Crippen molar-refractivity contribution >= 4 is 16.1 Å². The first-order chi connectivity index (χ1) is 16.0. The van der Waals surface area contributed by atoms with E-state index < -0.39 is 27.8 Å². The molecule has 0 spiro atoms. The lowest BCUT2D eigenvalue weighted by Gasteiger charge is -2.08. The van der Waals surface area contributed by atoms with Crippen LogP contribution in [0.1, 0.15) is 11.1 Å². The molecule has 4 aromatic rings. The number of rotatable bonds is 4. The number of amides is 1. The molecule has 8 nitrogen and oxygen atoms in total. The van der Waals surface area contributed by atoms with Gasteiger partial charge in [-0.05, 0) is 37.3 Å². The number of carbonyl (C=O) groups is 1. The van der Waals surface area contributed by atoms with Crippen molar-refractivity contribution in [1.29, 1.82) is 0 Å². The maximum absolute atomic E-state index is 12.9. The number of carbonyl (C=O) groups excluding carboxylic acids is 1. The molecule has 174 valence electrons. The van der Waals surface area contributed by atoms with Crippen LogP contribution in [0.5, 0.6) is 0 Å². The SMILES string of the molecule is Cc1ccc(S(=O)(=O)NC(=O)n2cc(-c3ccncn3)c(-c3ccc(C(F)(F)F)cc3)n2)cc1. The fraction of sp³-hybridized carbons (Fsp3) is 0.0909. The van der Waals surface area contributed by atoms with Crippen molar-refractivity contribution in [3.05, 3.63) is 84.4 Å². The highest BCUT2D eigenvalue weighted by Gasteiger charge is 2.30. The number of sulfonamides is 1. The molecule has 0 radical (unpaired) electrons. The van der Waals surface area contributed by atoms with Gasteiger partial charge in [0.2, 0.25) is 0 Å². The quantitative estimate of drug-likeness (QED) is 0.461. The standard InChI is InChI=1S/C22H16F3N5O3S/c1-14-2-8-17(9-3-14)34(32,33)29-21(31)30-12-18(19-10-11-26-13-27-19)20(28-30)15-4-6-16(7-5-15)22(23,24)25/h2-13H,1H3,(H,29,31). The highest BCUT2D eigenvalue weighted by Crippen LogP contribution is 2.33. The number of halogens is 3. The van der Waals surface area contributed by atoms with Crippen LogP contribution in [-0.4, -0.2) is 34.2 Å². The van der Waals surface area contributed by atoms with Crippen molar-refractivity contribution in [1.82, 2.24) is 24.5 Å². The van der Waals surface area contributed by atoms with Crippen LogP contribution < -0.4 is 4.72 Å². The summed E-state index contributed by atoms with van der Waals surface area (Å²) in [6, 6.07) is 10.5. The molecular formula is C22H16F3N5O3S. The Kier molecular flexibility index (Phi) is 5.92. The van der Waals surface area contributed by atoms with Crippen LogP contribution in [0, 0.1) is 6.92 Å². The number of nitrogens with zero attached hydrogens (tertiary/aromatic N) is 4.